The summed E-state index contributed by atoms with van der Waals surface area (Å²) in [4.78, 5) is 13.1. The van der Waals surface area contributed by atoms with Crippen LogP contribution in [0.4, 0.5) is 0 Å². The number of nitrogens with zero attached hydrogens (tertiary/aromatic N) is 1. The van der Waals surface area contributed by atoms with E-state index in [1.165, 1.54) is 0 Å². The van der Waals surface area contributed by atoms with Gasteiger partial charge in [-0.1, -0.05) is 12.8 Å². The van der Waals surface area contributed by atoms with Gasteiger partial charge in [-0.2, -0.15) is 0 Å². The second-order valence-electron chi connectivity index (χ2n) is 4.35. The van der Waals surface area contributed by atoms with Gasteiger partial charge in [0.25, 0.3) is 0 Å². The minimum absolute atomic E-state index is 0.223. The maximum Gasteiger partial charge on any atom is 0.222 e. The molecule has 0 aromatic carbocycles. The predicted molar refractivity (Wildman–Crippen MR) is 49.2 cm³/mol. The highest BCUT2D eigenvalue weighted by molar-refractivity contribution is 5.78. The van der Waals surface area contributed by atoms with E-state index in [1.54, 1.807) is 0 Å². The molecule has 1 aliphatic heterocycles. The zero-order chi connectivity index (χ0) is 9.31. The molecular formula is C10H17NO2. The van der Waals surface area contributed by atoms with Gasteiger partial charge < -0.3 is 10.0 Å². The van der Waals surface area contributed by atoms with E-state index in [2.05, 4.69) is 0 Å². The summed E-state index contributed by atoms with van der Waals surface area (Å²) in [7, 11) is 0. The molecule has 1 saturated heterocycles. The van der Waals surface area contributed by atoms with E-state index in [0.29, 0.717) is 13.0 Å². The molecule has 0 unspecified atom stereocenters. The Morgan fingerprint density at radius 2 is 2.00 bits per heavy atom. The molecule has 3 nitrogen and oxygen atoms in total. The van der Waals surface area contributed by atoms with E-state index < -0.39 is 5.60 Å². The van der Waals surface area contributed by atoms with Gasteiger partial charge in [0.1, 0.15) is 0 Å². The molecule has 2 aliphatic rings. The van der Waals surface area contributed by atoms with Crippen LogP contribution in [0.2, 0.25) is 0 Å². The molecule has 0 atom stereocenters. The molecule has 0 radical (unpaired) electrons. The van der Waals surface area contributed by atoms with E-state index in [1.807, 2.05) is 4.90 Å². The zero-order valence-corrected chi connectivity index (χ0v) is 7.96. The summed E-state index contributed by atoms with van der Waals surface area (Å²) < 4.78 is 0. The third-order valence-electron chi connectivity index (χ3n) is 3.19. The fourth-order valence-corrected chi connectivity index (χ4v) is 2.42. The Kier molecular flexibility index (Phi) is 2.28. The van der Waals surface area contributed by atoms with Gasteiger partial charge in [0.15, 0.2) is 0 Å². The van der Waals surface area contributed by atoms with Gasteiger partial charge in [-0.25, -0.2) is 0 Å². The molecule has 0 aromatic rings. The lowest BCUT2D eigenvalue weighted by atomic mass is 10.0. The fraction of sp³-hybridized carbons (Fsp3) is 0.900. The first-order valence-electron chi connectivity index (χ1n) is 5.20. The summed E-state index contributed by atoms with van der Waals surface area (Å²) in [5.74, 6) is 0.223. The van der Waals surface area contributed by atoms with E-state index in [-0.39, 0.29) is 5.91 Å². The number of carbonyl (C=O) groups excluding carboxylic acids is 1. The first-order chi connectivity index (χ1) is 6.20. The van der Waals surface area contributed by atoms with Crippen molar-refractivity contribution in [3.63, 3.8) is 0 Å². The lowest BCUT2D eigenvalue weighted by molar-refractivity contribution is -0.130. The monoisotopic (exact) mass is 183 g/mol. The van der Waals surface area contributed by atoms with Crippen LogP contribution in [0.3, 0.4) is 0 Å². The maximum absolute atomic E-state index is 11.3. The van der Waals surface area contributed by atoms with Crippen molar-refractivity contribution in [1.29, 1.82) is 0 Å². The van der Waals surface area contributed by atoms with E-state index in [0.717, 1.165) is 38.6 Å². The highest BCUT2D eigenvalue weighted by Crippen LogP contribution is 2.31. The Morgan fingerprint density at radius 1 is 1.31 bits per heavy atom. The highest BCUT2D eigenvalue weighted by atomic mass is 16.3. The Hall–Kier alpha value is -0.570. The molecule has 1 N–H and O–H groups in total. The zero-order valence-electron chi connectivity index (χ0n) is 7.96. The average Bonchev–Trinajstić information content (AvgIpc) is 2.64. The molecule has 3 heteroatoms. The number of hydrogen-bond acceptors (Lipinski definition) is 2. The van der Waals surface area contributed by atoms with Crippen LogP contribution in [0.25, 0.3) is 0 Å². The summed E-state index contributed by atoms with van der Waals surface area (Å²) >= 11 is 0. The topological polar surface area (TPSA) is 40.5 Å². The van der Waals surface area contributed by atoms with Gasteiger partial charge >= 0.3 is 0 Å². The number of amides is 1. The summed E-state index contributed by atoms with van der Waals surface area (Å²) in [5, 5.41) is 10.1. The van der Waals surface area contributed by atoms with Gasteiger partial charge in [0.05, 0.1) is 5.60 Å². The normalized spacial score (nSPS) is 27.2. The summed E-state index contributed by atoms with van der Waals surface area (Å²) in [6.45, 7) is 1.42. The molecule has 1 saturated carbocycles. The first kappa shape index (κ1) is 9.00. The SMILES string of the molecule is O=C1CCCN1CC1(O)CCCC1. The van der Waals surface area contributed by atoms with Crippen molar-refractivity contribution >= 4 is 5.91 Å². The molecule has 0 bridgehead atoms. The second-order valence-corrected chi connectivity index (χ2v) is 4.35. The average molecular weight is 183 g/mol. The molecular weight excluding hydrogens is 166 g/mol. The third kappa shape index (κ3) is 1.85. The van der Waals surface area contributed by atoms with Crippen molar-refractivity contribution in [3.8, 4) is 0 Å². The molecule has 13 heavy (non-hydrogen) atoms. The Bertz CT molecular complexity index is 209. The third-order valence-corrected chi connectivity index (χ3v) is 3.19. The van der Waals surface area contributed by atoms with Crippen molar-refractivity contribution in [2.45, 2.75) is 44.1 Å². The molecule has 0 spiro atoms. The molecule has 2 fully saturated rings. The number of hydrogen-bond donors (Lipinski definition) is 1. The highest BCUT2D eigenvalue weighted by Gasteiger charge is 2.35. The number of rotatable bonds is 2. The first-order valence-corrected chi connectivity index (χ1v) is 5.20. The number of likely N-dealkylation sites (tertiary alicyclic amines) is 1. The van der Waals surface area contributed by atoms with Crippen LogP contribution in [0.5, 0.6) is 0 Å². The van der Waals surface area contributed by atoms with Crippen LogP contribution in [0.1, 0.15) is 38.5 Å². The summed E-state index contributed by atoms with van der Waals surface area (Å²) in [5.41, 5.74) is -0.556. The fourth-order valence-electron chi connectivity index (χ4n) is 2.42. The number of aliphatic hydroxyl groups is 1. The van der Waals surface area contributed by atoms with Crippen LogP contribution in [0.15, 0.2) is 0 Å². The van der Waals surface area contributed by atoms with Crippen molar-refractivity contribution in [1.82, 2.24) is 4.90 Å². The van der Waals surface area contributed by atoms with Crippen molar-refractivity contribution in [2.24, 2.45) is 0 Å². The lowest BCUT2D eigenvalue weighted by Crippen LogP contribution is -2.41. The van der Waals surface area contributed by atoms with Crippen LogP contribution in [0, 0.1) is 0 Å². The van der Waals surface area contributed by atoms with Gasteiger partial charge in [0, 0.05) is 19.5 Å². The number of carbonyl (C=O) groups is 1. The van der Waals surface area contributed by atoms with E-state index >= 15 is 0 Å². The minimum atomic E-state index is -0.556. The molecule has 2 rings (SSSR count). The van der Waals surface area contributed by atoms with Crippen LogP contribution in [-0.2, 0) is 4.79 Å². The summed E-state index contributed by atoms with van der Waals surface area (Å²) in [6.07, 6.45) is 5.61. The molecule has 1 heterocycles. The summed E-state index contributed by atoms with van der Waals surface area (Å²) in [6, 6.07) is 0. The Balaban J connectivity index is 1.92. The Labute approximate surface area is 78.7 Å². The standard InChI is InChI=1S/C10H17NO2/c12-9-4-3-7-11(9)8-10(13)5-1-2-6-10/h13H,1-8H2. The van der Waals surface area contributed by atoms with Crippen molar-refractivity contribution in [3.05, 3.63) is 0 Å². The second kappa shape index (κ2) is 3.29. The van der Waals surface area contributed by atoms with Crippen LogP contribution in [-0.4, -0.2) is 34.6 Å². The maximum atomic E-state index is 11.3. The lowest BCUT2D eigenvalue weighted by Gasteiger charge is -2.28. The van der Waals surface area contributed by atoms with Crippen LogP contribution >= 0.6 is 0 Å². The Morgan fingerprint density at radius 3 is 2.54 bits per heavy atom. The molecule has 0 aromatic heterocycles. The predicted octanol–water partition coefficient (Wildman–Crippen LogP) is 0.914. The molecule has 1 amide bonds. The molecule has 1 aliphatic carbocycles. The van der Waals surface area contributed by atoms with Gasteiger partial charge in [-0.05, 0) is 19.3 Å². The van der Waals surface area contributed by atoms with Gasteiger partial charge in [-0.15, -0.1) is 0 Å². The van der Waals surface area contributed by atoms with Crippen LogP contribution < -0.4 is 0 Å². The largest absolute Gasteiger partial charge is 0.388 e. The minimum Gasteiger partial charge on any atom is -0.388 e. The smallest absolute Gasteiger partial charge is 0.222 e. The van der Waals surface area contributed by atoms with Gasteiger partial charge in [-0.3, -0.25) is 4.79 Å². The molecule has 74 valence electrons. The van der Waals surface area contributed by atoms with Gasteiger partial charge in [0.2, 0.25) is 5.91 Å². The van der Waals surface area contributed by atoms with E-state index in [4.69, 9.17) is 0 Å². The van der Waals surface area contributed by atoms with Crippen molar-refractivity contribution < 1.29 is 9.90 Å². The number of β-amino-alcohol motifs (C(OH)–C–C–N with tert-alkyl or cyclic N) is 1. The van der Waals surface area contributed by atoms with E-state index in [9.17, 15) is 9.90 Å². The van der Waals surface area contributed by atoms with Crippen molar-refractivity contribution in [2.75, 3.05) is 13.1 Å². The quantitative estimate of drug-likeness (QED) is 0.691.